The number of nitrogens with one attached hydrogen (secondary N) is 1. The van der Waals surface area contributed by atoms with Gasteiger partial charge in [0.25, 0.3) is 5.91 Å². The molecular weight excluding hydrogens is 266 g/mol. The summed E-state index contributed by atoms with van der Waals surface area (Å²) in [4.78, 5) is 18.3. The fourth-order valence-corrected chi connectivity index (χ4v) is 2.34. The van der Waals surface area contributed by atoms with E-state index in [-0.39, 0.29) is 12.0 Å². The molecule has 1 aromatic rings. The molecule has 0 aliphatic carbocycles. The second-order valence-corrected chi connectivity index (χ2v) is 4.88. The molecule has 1 aliphatic heterocycles. The Morgan fingerprint density at radius 1 is 1.68 bits per heavy atom. The highest BCUT2D eigenvalue weighted by molar-refractivity contribution is 6.33. The van der Waals surface area contributed by atoms with Crippen molar-refractivity contribution in [2.24, 2.45) is 0 Å². The van der Waals surface area contributed by atoms with Gasteiger partial charge in [0.2, 0.25) is 0 Å². The van der Waals surface area contributed by atoms with Gasteiger partial charge in [-0.2, -0.15) is 0 Å². The van der Waals surface area contributed by atoms with Gasteiger partial charge in [0, 0.05) is 32.9 Å². The van der Waals surface area contributed by atoms with Crippen molar-refractivity contribution in [2.75, 3.05) is 32.1 Å². The second kappa shape index (κ2) is 6.21. The van der Waals surface area contributed by atoms with Gasteiger partial charge in [-0.1, -0.05) is 11.6 Å². The lowest BCUT2D eigenvalue weighted by atomic mass is 10.2. The standard InChI is InChI=1S/C13H18ClN3O2/c1-3-15-12-6-10(11(14)7-16-12)13(18)17-5-4-9(8-17)19-2/h6-7,9H,3-5,8H2,1-2H3,(H,15,16). The Morgan fingerprint density at radius 2 is 2.47 bits per heavy atom. The summed E-state index contributed by atoms with van der Waals surface area (Å²) in [5.41, 5.74) is 0.490. The molecule has 0 spiro atoms. The molecule has 1 amide bonds. The van der Waals surface area contributed by atoms with Crippen LogP contribution in [0.4, 0.5) is 5.82 Å². The summed E-state index contributed by atoms with van der Waals surface area (Å²) in [5, 5.41) is 3.46. The predicted octanol–water partition coefficient (Wildman–Crippen LogP) is 2.03. The summed E-state index contributed by atoms with van der Waals surface area (Å²) in [6, 6.07) is 1.70. The Labute approximate surface area is 117 Å². The molecule has 104 valence electrons. The van der Waals surface area contributed by atoms with Crippen molar-refractivity contribution in [3.63, 3.8) is 0 Å². The van der Waals surface area contributed by atoms with E-state index in [2.05, 4.69) is 10.3 Å². The summed E-state index contributed by atoms with van der Waals surface area (Å²) in [6.45, 7) is 4.04. The molecule has 0 bridgehead atoms. The first-order valence-electron chi connectivity index (χ1n) is 6.37. The van der Waals surface area contributed by atoms with Gasteiger partial charge in [-0.15, -0.1) is 0 Å². The maximum absolute atomic E-state index is 12.4. The van der Waals surface area contributed by atoms with Gasteiger partial charge in [-0.25, -0.2) is 4.98 Å². The molecule has 0 radical (unpaired) electrons. The number of carbonyl (C=O) groups excluding carboxylic acids is 1. The van der Waals surface area contributed by atoms with Crippen LogP contribution in [-0.4, -0.2) is 48.6 Å². The first-order chi connectivity index (χ1) is 9.15. The Morgan fingerprint density at radius 3 is 3.11 bits per heavy atom. The van der Waals surface area contributed by atoms with Gasteiger partial charge in [-0.05, 0) is 19.4 Å². The van der Waals surface area contributed by atoms with Crippen LogP contribution in [-0.2, 0) is 4.74 Å². The Balaban J connectivity index is 2.16. The first-order valence-corrected chi connectivity index (χ1v) is 6.75. The van der Waals surface area contributed by atoms with E-state index < -0.39 is 0 Å². The third kappa shape index (κ3) is 3.16. The van der Waals surface area contributed by atoms with Crippen LogP contribution >= 0.6 is 11.6 Å². The van der Waals surface area contributed by atoms with Crippen molar-refractivity contribution >= 4 is 23.3 Å². The smallest absolute Gasteiger partial charge is 0.255 e. The number of amides is 1. The molecule has 5 nitrogen and oxygen atoms in total. The monoisotopic (exact) mass is 283 g/mol. The van der Waals surface area contributed by atoms with E-state index in [1.165, 1.54) is 6.20 Å². The van der Waals surface area contributed by atoms with E-state index >= 15 is 0 Å². The molecule has 1 aliphatic rings. The van der Waals surface area contributed by atoms with Crippen LogP contribution in [0, 0.1) is 0 Å². The number of ether oxygens (including phenoxy) is 1. The topological polar surface area (TPSA) is 54.5 Å². The van der Waals surface area contributed by atoms with Crippen molar-refractivity contribution < 1.29 is 9.53 Å². The highest BCUT2D eigenvalue weighted by Crippen LogP contribution is 2.22. The largest absolute Gasteiger partial charge is 0.380 e. The van der Waals surface area contributed by atoms with E-state index in [9.17, 15) is 4.79 Å². The molecule has 1 N–H and O–H groups in total. The normalized spacial score (nSPS) is 18.7. The van der Waals surface area contributed by atoms with Crippen molar-refractivity contribution in [1.82, 2.24) is 9.88 Å². The fourth-order valence-electron chi connectivity index (χ4n) is 2.16. The number of aromatic nitrogens is 1. The van der Waals surface area contributed by atoms with Crippen LogP contribution < -0.4 is 5.32 Å². The number of nitrogens with zero attached hydrogens (tertiary/aromatic N) is 2. The summed E-state index contributed by atoms with van der Waals surface area (Å²) < 4.78 is 5.27. The van der Waals surface area contributed by atoms with E-state index in [1.807, 2.05) is 6.92 Å². The maximum Gasteiger partial charge on any atom is 0.255 e. The average molecular weight is 284 g/mol. The minimum atomic E-state index is -0.0638. The lowest BCUT2D eigenvalue weighted by molar-refractivity contribution is 0.0724. The number of carbonyl (C=O) groups is 1. The zero-order valence-electron chi connectivity index (χ0n) is 11.1. The van der Waals surface area contributed by atoms with Gasteiger partial charge < -0.3 is 15.0 Å². The van der Waals surface area contributed by atoms with Crippen LogP contribution in [0.1, 0.15) is 23.7 Å². The van der Waals surface area contributed by atoms with Crippen molar-refractivity contribution in [2.45, 2.75) is 19.4 Å². The van der Waals surface area contributed by atoms with Crippen molar-refractivity contribution in [3.8, 4) is 0 Å². The maximum atomic E-state index is 12.4. The number of methoxy groups -OCH3 is 1. The molecule has 1 atom stereocenters. The zero-order chi connectivity index (χ0) is 13.8. The number of rotatable bonds is 4. The highest BCUT2D eigenvalue weighted by Gasteiger charge is 2.28. The summed E-state index contributed by atoms with van der Waals surface area (Å²) in [5.74, 6) is 0.601. The minimum absolute atomic E-state index is 0.0638. The molecule has 19 heavy (non-hydrogen) atoms. The number of pyridine rings is 1. The SMILES string of the molecule is CCNc1cc(C(=O)N2CCC(OC)C2)c(Cl)cn1. The fraction of sp³-hybridized carbons (Fsp3) is 0.538. The van der Waals surface area contributed by atoms with Gasteiger partial charge >= 0.3 is 0 Å². The highest BCUT2D eigenvalue weighted by atomic mass is 35.5. The number of likely N-dealkylation sites (tertiary alicyclic amines) is 1. The molecule has 2 heterocycles. The lowest BCUT2D eigenvalue weighted by Crippen LogP contribution is -2.30. The van der Waals surface area contributed by atoms with E-state index in [0.717, 1.165) is 13.0 Å². The second-order valence-electron chi connectivity index (χ2n) is 4.48. The average Bonchev–Trinajstić information content (AvgIpc) is 2.89. The quantitative estimate of drug-likeness (QED) is 0.919. The van der Waals surface area contributed by atoms with Gasteiger partial charge in [0.1, 0.15) is 5.82 Å². The number of hydrogen-bond acceptors (Lipinski definition) is 4. The van der Waals surface area contributed by atoms with E-state index in [0.29, 0.717) is 29.5 Å². The summed E-state index contributed by atoms with van der Waals surface area (Å²) >= 11 is 6.07. The molecule has 2 rings (SSSR count). The molecule has 1 aromatic heterocycles. The Hall–Kier alpha value is -1.33. The number of halogens is 1. The van der Waals surface area contributed by atoms with E-state index in [4.69, 9.17) is 16.3 Å². The molecule has 0 saturated carbocycles. The molecule has 1 unspecified atom stereocenters. The summed E-state index contributed by atoms with van der Waals surface area (Å²) in [6.07, 6.45) is 2.50. The summed E-state index contributed by atoms with van der Waals surface area (Å²) in [7, 11) is 1.67. The van der Waals surface area contributed by atoms with Crippen LogP contribution in [0.15, 0.2) is 12.3 Å². The Bertz CT molecular complexity index is 467. The van der Waals surface area contributed by atoms with Gasteiger partial charge in [-0.3, -0.25) is 4.79 Å². The third-order valence-electron chi connectivity index (χ3n) is 3.21. The molecule has 1 saturated heterocycles. The Kier molecular flexibility index (Phi) is 4.61. The van der Waals surface area contributed by atoms with Crippen LogP contribution in [0.5, 0.6) is 0 Å². The predicted molar refractivity (Wildman–Crippen MR) is 74.7 cm³/mol. The number of anilines is 1. The van der Waals surface area contributed by atoms with Crippen LogP contribution in [0.3, 0.4) is 0 Å². The third-order valence-corrected chi connectivity index (χ3v) is 3.51. The minimum Gasteiger partial charge on any atom is -0.380 e. The van der Waals surface area contributed by atoms with Gasteiger partial charge in [0.15, 0.2) is 0 Å². The van der Waals surface area contributed by atoms with Crippen molar-refractivity contribution in [1.29, 1.82) is 0 Å². The lowest BCUT2D eigenvalue weighted by Gasteiger charge is -2.17. The molecule has 0 aromatic carbocycles. The molecular formula is C13H18ClN3O2. The molecule has 1 fully saturated rings. The first kappa shape index (κ1) is 14.1. The van der Waals surface area contributed by atoms with Gasteiger partial charge in [0.05, 0.1) is 16.7 Å². The van der Waals surface area contributed by atoms with E-state index in [1.54, 1.807) is 18.1 Å². The number of hydrogen-bond donors (Lipinski definition) is 1. The zero-order valence-corrected chi connectivity index (χ0v) is 11.9. The van der Waals surface area contributed by atoms with Crippen LogP contribution in [0.25, 0.3) is 0 Å². The van der Waals surface area contributed by atoms with Crippen molar-refractivity contribution in [3.05, 3.63) is 22.8 Å². The van der Waals surface area contributed by atoms with Crippen LogP contribution in [0.2, 0.25) is 5.02 Å². The molecule has 6 heteroatoms.